The zero-order valence-electron chi connectivity index (χ0n) is 14.4. The molecule has 0 saturated carbocycles. The van der Waals surface area contributed by atoms with Crippen LogP contribution in [0.4, 0.5) is 0 Å². The third kappa shape index (κ3) is 8.55. The van der Waals surface area contributed by atoms with Gasteiger partial charge < -0.3 is 15.0 Å². The predicted molar refractivity (Wildman–Crippen MR) is 107 cm³/mol. The van der Waals surface area contributed by atoms with Crippen molar-refractivity contribution in [1.82, 2.24) is 10.2 Å². The van der Waals surface area contributed by atoms with E-state index in [1.165, 1.54) is 11.1 Å². The molecular weight excluding hydrogens is 343 g/mol. The quantitative estimate of drug-likeness (QED) is 0.671. The molecule has 1 N–H and O–H groups in total. The third-order valence-corrected chi connectivity index (χ3v) is 3.48. The van der Waals surface area contributed by atoms with Gasteiger partial charge >= 0.3 is 0 Å². The Bertz CT molecular complexity index is 550. The fourth-order valence-electron chi connectivity index (χ4n) is 2.27. The Hall–Kier alpha value is -1.26. The Morgan fingerprint density at radius 3 is 2.29 bits per heavy atom. The second-order valence-corrected chi connectivity index (χ2v) is 5.72. The van der Waals surface area contributed by atoms with Crippen molar-refractivity contribution in [3.05, 3.63) is 65.7 Å². The molecule has 0 aliphatic carbocycles. The molecule has 0 saturated heterocycles. The van der Waals surface area contributed by atoms with Gasteiger partial charge in [0.1, 0.15) is 12.4 Å². The second kappa shape index (κ2) is 13.1. The van der Waals surface area contributed by atoms with Crippen LogP contribution in [0.1, 0.15) is 17.5 Å². The topological polar surface area (TPSA) is 24.5 Å². The molecule has 3 nitrogen and oxygen atoms in total. The number of rotatable bonds is 9. The maximum Gasteiger partial charge on any atom is 0.124 e. The normalized spacial score (nSPS) is 9.96. The monoisotopic (exact) mass is 370 g/mol. The Morgan fingerprint density at radius 1 is 0.917 bits per heavy atom. The summed E-state index contributed by atoms with van der Waals surface area (Å²) in [4.78, 5) is 2.21. The first-order valence-electron chi connectivity index (χ1n) is 7.86. The molecule has 0 aromatic heterocycles. The van der Waals surface area contributed by atoms with Gasteiger partial charge in [0.25, 0.3) is 0 Å². The molecule has 24 heavy (non-hydrogen) atoms. The standard InChI is InChI=1S/C19H26N2O.2ClH/c1-21(2)14-8-13-20-15-18-11-6-7-12-19(18)22-16-17-9-4-3-5-10-17;;/h3-7,9-12,20H,8,13-16H2,1-2H3;2*1H. The Morgan fingerprint density at radius 2 is 1.58 bits per heavy atom. The first-order chi connectivity index (χ1) is 10.8. The molecule has 0 spiro atoms. The van der Waals surface area contributed by atoms with Crippen molar-refractivity contribution in [3.8, 4) is 5.75 Å². The van der Waals surface area contributed by atoms with Crippen LogP contribution in [0.3, 0.4) is 0 Å². The molecule has 2 rings (SSSR count). The van der Waals surface area contributed by atoms with Crippen LogP contribution in [0.5, 0.6) is 5.75 Å². The molecule has 0 fully saturated rings. The van der Waals surface area contributed by atoms with Gasteiger partial charge in [0.2, 0.25) is 0 Å². The molecule has 2 aromatic rings. The van der Waals surface area contributed by atoms with Crippen molar-refractivity contribution in [2.75, 3.05) is 27.2 Å². The van der Waals surface area contributed by atoms with Gasteiger partial charge in [-0.05, 0) is 45.2 Å². The van der Waals surface area contributed by atoms with Crippen LogP contribution in [-0.2, 0) is 13.2 Å². The van der Waals surface area contributed by atoms with Crippen molar-refractivity contribution in [2.45, 2.75) is 19.6 Å². The maximum atomic E-state index is 5.97. The number of nitrogens with one attached hydrogen (secondary N) is 1. The van der Waals surface area contributed by atoms with E-state index in [1.54, 1.807) is 0 Å². The van der Waals surface area contributed by atoms with E-state index in [2.05, 4.69) is 48.6 Å². The molecular formula is C19H28Cl2N2O. The molecule has 0 radical (unpaired) electrons. The number of benzene rings is 2. The number of para-hydroxylation sites is 1. The van der Waals surface area contributed by atoms with Gasteiger partial charge in [-0.3, -0.25) is 0 Å². The van der Waals surface area contributed by atoms with Crippen LogP contribution in [0, 0.1) is 0 Å². The maximum absolute atomic E-state index is 5.97. The van der Waals surface area contributed by atoms with E-state index in [1.807, 2.05) is 30.3 Å². The number of hydrogen-bond donors (Lipinski definition) is 1. The third-order valence-electron chi connectivity index (χ3n) is 3.48. The summed E-state index contributed by atoms with van der Waals surface area (Å²) in [6.07, 6.45) is 1.15. The highest BCUT2D eigenvalue weighted by molar-refractivity contribution is 5.85. The van der Waals surface area contributed by atoms with Gasteiger partial charge in [0.05, 0.1) is 0 Å². The zero-order valence-corrected chi connectivity index (χ0v) is 16.0. The van der Waals surface area contributed by atoms with Gasteiger partial charge in [-0.2, -0.15) is 0 Å². The highest BCUT2D eigenvalue weighted by Gasteiger charge is 2.03. The summed E-state index contributed by atoms with van der Waals surface area (Å²) in [5.41, 5.74) is 2.40. The number of hydrogen-bond acceptors (Lipinski definition) is 3. The largest absolute Gasteiger partial charge is 0.489 e. The lowest BCUT2D eigenvalue weighted by Crippen LogP contribution is -2.21. The van der Waals surface area contributed by atoms with Crippen molar-refractivity contribution < 1.29 is 4.74 Å². The Labute approximate surface area is 158 Å². The molecule has 5 heteroatoms. The summed E-state index contributed by atoms with van der Waals surface area (Å²) in [5, 5.41) is 3.49. The lowest BCUT2D eigenvalue weighted by Gasteiger charge is -2.13. The van der Waals surface area contributed by atoms with E-state index < -0.39 is 0 Å². The van der Waals surface area contributed by atoms with Gasteiger partial charge in [-0.1, -0.05) is 48.5 Å². The first kappa shape index (κ1) is 22.7. The summed E-state index contributed by atoms with van der Waals surface area (Å²) < 4.78 is 5.97. The molecule has 0 unspecified atom stereocenters. The van der Waals surface area contributed by atoms with Crippen LogP contribution < -0.4 is 10.1 Å². The van der Waals surface area contributed by atoms with E-state index >= 15 is 0 Å². The molecule has 0 heterocycles. The summed E-state index contributed by atoms with van der Waals surface area (Å²) in [5.74, 6) is 0.964. The molecule has 0 bridgehead atoms. The molecule has 0 aliphatic heterocycles. The fourth-order valence-corrected chi connectivity index (χ4v) is 2.27. The van der Waals surface area contributed by atoms with Crippen LogP contribution in [0.25, 0.3) is 0 Å². The van der Waals surface area contributed by atoms with E-state index in [0.29, 0.717) is 6.61 Å². The second-order valence-electron chi connectivity index (χ2n) is 5.72. The molecule has 0 amide bonds. The summed E-state index contributed by atoms with van der Waals surface area (Å²) in [6, 6.07) is 18.5. The first-order valence-corrected chi connectivity index (χ1v) is 7.86. The zero-order chi connectivity index (χ0) is 15.6. The van der Waals surface area contributed by atoms with Crippen molar-refractivity contribution in [1.29, 1.82) is 0 Å². The van der Waals surface area contributed by atoms with Gasteiger partial charge in [-0.25, -0.2) is 0 Å². The summed E-state index contributed by atoms with van der Waals surface area (Å²) in [6.45, 7) is 3.58. The average molecular weight is 371 g/mol. The van der Waals surface area contributed by atoms with Crippen molar-refractivity contribution in [3.63, 3.8) is 0 Å². The summed E-state index contributed by atoms with van der Waals surface area (Å²) in [7, 11) is 4.21. The van der Waals surface area contributed by atoms with E-state index in [9.17, 15) is 0 Å². The highest BCUT2D eigenvalue weighted by atomic mass is 35.5. The van der Waals surface area contributed by atoms with Crippen LogP contribution in [0.15, 0.2) is 54.6 Å². The fraction of sp³-hybridized carbons (Fsp3) is 0.368. The molecule has 0 atom stereocenters. The predicted octanol–water partition coefficient (Wildman–Crippen LogP) is 4.15. The minimum absolute atomic E-state index is 0. The molecule has 2 aromatic carbocycles. The van der Waals surface area contributed by atoms with Gasteiger partial charge in [0, 0.05) is 12.1 Å². The average Bonchev–Trinajstić information content (AvgIpc) is 2.54. The highest BCUT2D eigenvalue weighted by Crippen LogP contribution is 2.19. The lowest BCUT2D eigenvalue weighted by atomic mass is 10.2. The Balaban J connectivity index is 0.00000264. The van der Waals surface area contributed by atoms with Crippen molar-refractivity contribution >= 4 is 24.8 Å². The minimum Gasteiger partial charge on any atom is -0.489 e. The number of ether oxygens (including phenoxy) is 1. The van der Waals surface area contributed by atoms with Crippen LogP contribution >= 0.6 is 24.8 Å². The van der Waals surface area contributed by atoms with Crippen LogP contribution in [0.2, 0.25) is 0 Å². The Kier molecular flexibility index (Phi) is 12.4. The van der Waals surface area contributed by atoms with E-state index in [-0.39, 0.29) is 24.8 Å². The number of halogens is 2. The van der Waals surface area contributed by atoms with Gasteiger partial charge in [-0.15, -0.1) is 24.8 Å². The van der Waals surface area contributed by atoms with Gasteiger partial charge in [0.15, 0.2) is 0 Å². The smallest absolute Gasteiger partial charge is 0.124 e. The molecule has 134 valence electrons. The lowest BCUT2D eigenvalue weighted by molar-refractivity contribution is 0.302. The number of nitrogens with zero attached hydrogens (tertiary/aromatic N) is 1. The van der Waals surface area contributed by atoms with Crippen molar-refractivity contribution in [2.24, 2.45) is 0 Å². The van der Waals surface area contributed by atoms with E-state index in [4.69, 9.17) is 4.74 Å². The van der Waals surface area contributed by atoms with E-state index in [0.717, 1.165) is 31.8 Å². The minimum atomic E-state index is 0. The summed E-state index contributed by atoms with van der Waals surface area (Å²) >= 11 is 0. The molecule has 0 aliphatic rings. The SMILES string of the molecule is CN(C)CCCNCc1ccccc1OCc1ccccc1.Cl.Cl. The van der Waals surface area contributed by atoms with Crippen LogP contribution in [-0.4, -0.2) is 32.1 Å².